The van der Waals surface area contributed by atoms with E-state index in [0.29, 0.717) is 4.70 Å². The molecule has 1 aromatic carbocycles. The summed E-state index contributed by atoms with van der Waals surface area (Å²) in [6.07, 6.45) is 0. The van der Waals surface area contributed by atoms with Crippen molar-refractivity contribution in [3.63, 3.8) is 0 Å². The molecular weight excluding hydrogens is 318 g/mol. The lowest BCUT2D eigenvalue weighted by molar-refractivity contribution is 0.0699. The third kappa shape index (κ3) is 1.40. The highest BCUT2D eigenvalue weighted by molar-refractivity contribution is 14.1. The summed E-state index contributed by atoms with van der Waals surface area (Å²) in [7, 11) is 0. The number of hydrogen-bond acceptors (Lipinski definition) is 2. The van der Waals surface area contributed by atoms with Crippen LogP contribution in [0.15, 0.2) is 17.5 Å². The molecule has 0 radical (unpaired) electrons. The molecule has 0 atom stereocenters. The Morgan fingerprint density at radius 2 is 2.21 bits per heavy atom. The van der Waals surface area contributed by atoms with Crippen LogP contribution < -0.4 is 0 Å². The highest BCUT2D eigenvalue weighted by Gasteiger charge is 2.15. The highest BCUT2D eigenvalue weighted by Crippen LogP contribution is 2.31. The molecule has 0 amide bonds. The van der Waals surface area contributed by atoms with Crippen LogP contribution in [0.25, 0.3) is 10.1 Å². The van der Waals surface area contributed by atoms with Crippen molar-refractivity contribution in [1.82, 2.24) is 0 Å². The second-order valence-electron chi connectivity index (χ2n) is 2.69. The van der Waals surface area contributed by atoms with Gasteiger partial charge in [0.1, 0.15) is 5.82 Å². The standard InChI is InChI=1S/C9H4FIO2S/c10-5-3-14-8-6(11)2-1-4(7(5)8)9(12)13/h1-3H,(H,12,13). The van der Waals surface area contributed by atoms with Gasteiger partial charge in [-0.2, -0.15) is 0 Å². The summed E-state index contributed by atoms with van der Waals surface area (Å²) in [6, 6.07) is 3.12. The average Bonchev–Trinajstić information content (AvgIpc) is 2.50. The Bertz CT molecular complexity index is 521. The molecule has 2 nitrogen and oxygen atoms in total. The van der Waals surface area contributed by atoms with Gasteiger partial charge in [0, 0.05) is 14.3 Å². The maximum Gasteiger partial charge on any atom is 0.336 e. The molecule has 0 aliphatic heterocycles. The zero-order valence-corrected chi connectivity index (χ0v) is 9.73. The quantitative estimate of drug-likeness (QED) is 0.818. The predicted molar refractivity (Wildman–Crippen MR) is 61.5 cm³/mol. The van der Waals surface area contributed by atoms with Crippen LogP contribution in [-0.4, -0.2) is 11.1 Å². The average molecular weight is 322 g/mol. The topological polar surface area (TPSA) is 37.3 Å². The minimum Gasteiger partial charge on any atom is -0.478 e. The van der Waals surface area contributed by atoms with Crippen LogP contribution in [0, 0.1) is 9.39 Å². The van der Waals surface area contributed by atoms with Gasteiger partial charge in [-0.1, -0.05) is 0 Å². The maximum atomic E-state index is 13.3. The van der Waals surface area contributed by atoms with Gasteiger partial charge in [0.25, 0.3) is 0 Å². The number of carbonyl (C=O) groups is 1. The van der Waals surface area contributed by atoms with E-state index >= 15 is 0 Å². The summed E-state index contributed by atoms with van der Waals surface area (Å²) < 4.78 is 14.9. The van der Waals surface area contributed by atoms with Crippen molar-refractivity contribution in [3.8, 4) is 0 Å². The van der Waals surface area contributed by atoms with E-state index < -0.39 is 11.8 Å². The van der Waals surface area contributed by atoms with Crippen LogP contribution in [0.1, 0.15) is 10.4 Å². The third-order valence-corrected chi connectivity index (χ3v) is 4.11. The number of halogens is 2. The SMILES string of the molecule is O=C(O)c1ccc(I)c2scc(F)c12. The van der Waals surface area contributed by atoms with Gasteiger partial charge in [-0.3, -0.25) is 0 Å². The lowest BCUT2D eigenvalue weighted by Gasteiger charge is -1.99. The molecule has 2 rings (SSSR count). The van der Waals surface area contributed by atoms with Crippen molar-refractivity contribution in [1.29, 1.82) is 0 Å². The lowest BCUT2D eigenvalue weighted by atomic mass is 10.1. The smallest absolute Gasteiger partial charge is 0.336 e. The number of aromatic carboxylic acids is 1. The summed E-state index contributed by atoms with van der Waals surface area (Å²) in [5, 5.41) is 10.4. The molecule has 1 N–H and O–H groups in total. The van der Waals surface area contributed by atoms with Gasteiger partial charge in [-0.05, 0) is 34.7 Å². The van der Waals surface area contributed by atoms with Gasteiger partial charge in [0.2, 0.25) is 0 Å². The van der Waals surface area contributed by atoms with E-state index in [4.69, 9.17) is 5.11 Å². The second kappa shape index (κ2) is 3.47. The molecule has 0 fully saturated rings. The molecule has 72 valence electrons. The number of rotatable bonds is 1. The third-order valence-electron chi connectivity index (χ3n) is 1.86. The second-order valence-corrected chi connectivity index (χ2v) is 4.73. The number of thiophene rings is 1. The van der Waals surface area contributed by atoms with Crippen molar-refractivity contribution < 1.29 is 14.3 Å². The number of carboxylic acid groups (broad SMARTS) is 1. The largest absolute Gasteiger partial charge is 0.478 e. The van der Waals surface area contributed by atoms with E-state index in [1.807, 2.05) is 0 Å². The van der Waals surface area contributed by atoms with E-state index in [-0.39, 0.29) is 10.9 Å². The number of benzene rings is 1. The Labute approximate surface area is 96.5 Å². The van der Waals surface area contributed by atoms with Gasteiger partial charge in [-0.25, -0.2) is 9.18 Å². The number of carboxylic acids is 1. The Balaban J connectivity index is 2.92. The van der Waals surface area contributed by atoms with Crippen molar-refractivity contribution in [3.05, 3.63) is 32.5 Å². The fourth-order valence-corrected chi connectivity index (χ4v) is 2.93. The van der Waals surface area contributed by atoms with Gasteiger partial charge in [0.05, 0.1) is 10.3 Å². The maximum absolute atomic E-state index is 13.3. The van der Waals surface area contributed by atoms with Gasteiger partial charge < -0.3 is 5.11 Å². The zero-order valence-electron chi connectivity index (χ0n) is 6.75. The molecule has 0 unspecified atom stereocenters. The molecule has 1 aromatic heterocycles. The monoisotopic (exact) mass is 322 g/mol. The van der Waals surface area contributed by atoms with Crippen LogP contribution >= 0.6 is 33.9 Å². The van der Waals surface area contributed by atoms with E-state index in [9.17, 15) is 9.18 Å². The first-order valence-corrected chi connectivity index (χ1v) is 5.65. The minimum atomic E-state index is -1.09. The van der Waals surface area contributed by atoms with Gasteiger partial charge in [-0.15, -0.1) is 11.3 Å². The molecule has 0 saturated heterocycles. The first kappa shape index (κ1) is 9.85. The van der Waals surface area contributed by atoms with E-state index in [0.717, 1.165) is 3.57 Å². The molecular formula is C9H4FIO2S. The van der Waals surface area contributed by atoms with Crippen LogP contribution in [-0.2, 0) is 0 Å². The summed E-state index contributed by atoms with van der Waals surface area (Å²) >= 11 is 3.29. The highest BCUT2D eigenvalue weighted by atomic mass is 127. The molecule has 2 aromatic rings. The Morgan fingerprint density at radius 3 is 2.86 bits per heavy atom. The first-order chi connectivity index (χ1) is 6.61. The normalized spacial score (nSPS) is 10.7. The van der Waals surface area contributed by atoms with Crippen LogP contribution in [0.2, 0.25) is 0 Å². The molecule has 0 bridgehead atoms. The fourth-order valence-electron chi connectivity index (χ4n) is 1.26. The molecule has 1 heterocycles. The van der Waals surface area contributed by atoms with Crippen LogP contribution in [0.5, 0.6) is 0 Å². The van der Waals surface area contributed by atoms with Crippen molar-refractivity contribution in [2.45, 2.75) is 0 Å². The Morgan fingerprint density at radius 1 is 1.50 bits per heavy atom. The van der Waals surface area contributed by atoms with E-state index in [2.05, 4.69) is 22.6 Å². The van der Waals surface area contributed by atoms with E-state index in [1.54, 1.807) is 6.07 Å². The molecule has 14 heavy (non-hydrogen) atoms. The lowest BCUT2D eigenvalue weighted by Crippen LogP contribution is -1.97. The molecule has 0 aliphatic rings. The van der Waals surface area contributed by atoms with Crippen LogP contribution in [0.3, 0.4) is 0 Å². The molecule has 5 heteroatoms. The minimum absolute atomic E-state index is 0.0270. The van der Waals surface area contributed by atoms with Gasteiger partial charge >= 0.3 is 5.97 Å². The first-order valence-electron chi connectivity index (χ1n) is 3.69. The molecule has 0 spiro atoms. The zero-order chi connectivity index (χ0) is 10.3. The van der Waals surface area contributed by atoms with Crippen molar-refractivity contribution in [2.24, 2.45) is 0 Å². The molecule has 0 saturated carbocycles. The fraction of sp³-hybridized carbons (Fsp3) is 0. The van der Waals surface area contributed by atoms with Crippen molar-refractivity contribution >= 4 is 50.0 Å². The number of fused-ring (bicyclic) bond motifs is 1. The summed E-state index contributed by atoms with van der Waals surface area (Å²) in [4.78, 5) is 10.8. The van der Waals surface area contributed by atoms with Crippen molar-refractivity contribution in [2.75, 3.05) is 0 Å². The predicted octanol–water partition coefficient (Wildman–Crippen LogP) is 3.34. The summed E-state index contributed by atoms with van der Waals surface area (Å²) in [5.41, 5.74) is 0.0270. The summed E-state index contributed by atoms with van der Waals surface area (Å²) in [6.45, 7) is 0. The Kier molecular flexibility index (Phi) is 2.44. The number of hydrogen-bond donors (Lipinski definition) is 1. The van der Waals surface area contributed by atoms with E-state index in [1.165, 1.54) is 22.8 Å². The molecule has 0 aliphatic carbocycles. The van der Waals surface area contributed by atoms with Gasteiger partial charge in [0.15, 0.2) is 0 Å². The van der Waals surface area contributed by atoms with Crippen LogP contribution in [0.4, 0.5) is 4.39 Å². The summed E-state index contributed by atoms with van der Waals surface area (Å²) in [5.74, 6) is -1.55. The Hall–Kier alpha value is -0.690.